The minimum Gasteiger partial charge on any atom is -0.492 e. The molecule has 2 N–H and O–H groups in total. The Labute approximate surface area is 146 Å². The van der Waals surface area contributed by atoms with Crippen molar-refractivity contribution in [3.8, 4) is 5.75 Å². The van der Waals surface area contributed by atoms with Crippen molar-refractivity contribution in [2.75, 3.05) is 6.61 Å². The van der Waals surface area contributed by atoms with Crippen LogP contribution in [-0.4, -0.2) is 24.5 Å². The number of piperidine rings is 1. The van der Waals surface area contributed by atoms with Crippen LogP contribution in [0.15, 0.2) is 48.5 Å². The van der Waals surface area contributed by atoms with Crippen LogP contribution in [0.5, 0.6) is 5.75 Å². The Morgan fingerprint density at radius 1 is 1.08 bits per heavy atom. The first-order valence-corrected chi connectivity index (χ1v) is 8.62. The fourth-order valence-corrected chi connectivity index (χ4v) is 3.57. The van der Waals surface area contributed by atoms with E-state index >= 15 is 0 Å². The van der Waals surface area contributed by atoms with Crippen LogP contribution < -0.4 is 15.4 Å². The number of carbonyl (C=O) groups is 2. The summed E-state index contributed by atoms with van der Waals surface area (Å²) < 4.78 is 5.64. The molecular formula is C20H20N2O3. The van der Waals surface area contributed by atoms with Gasteiger partial charge in [-0.05, 0) is 23.6 Å². The van der Waals surface area contributed by atoms with Gasteiger partial charge in [0.05, 0.1) is 24.3 Å². The SMILES string of the molecule is O=C1CC[C@@H](NC(=O)c2cccc3c2OCC3)[C@H](c2ccccc2)N1. The zero-order valence-corrected chi connectivity index (χ0v) is 13.8. The lowest BCUT2D eigenvalue weighted by atomic mass is 9.91. The number of benzene rings is 2. The first kappa shape index (κ1) is 15.7. The Balaban J connectivity index is 1.57. The van der Waals surface area contributed by atoms with Gasteiger partial charge < -0.3 is 15.4 Å². The summed E-state index contributed by atoms with van der Waals surface area (Å²) in [7, 11) is 0. The molecule has 0 aliphatic carbocycles. The smallest absolute Gasteiger partial charge is 0.255 e. The average molecular weight is 336 g/mol. The van der Waals surface area contributed by atoms with Gasteiger partial charge in [0.1, 0.15) is 5.75 Å². The van der Waals surface area contributed by atoms with E-state index in [4.69, 9.17) is 4.74 Å². The number of hydrogen-bond acceptors (Lipinski definition) is 3. The molecule has 1 fully saturated rings. The molecule has 2 aromatic rings. The highest BCUT2D eigenvalue weighted by Gasteiger charge is 2.32. The molecule has 0 radical (unpaired) electrons. The van der Waals surface area contributed by atoms with Gasteiger partial charge in [0.25, 0.3) is 5.91 Å². The molecule has 0 unspecified atom stereocenters. The predicted molar refractivity (Wildman–Crippen MR) is 93.5 cm³/mol. The number of ether oxygens (including phenoxy) is 1. The van der Waals surface area contributed by atoms with Crippen LogP contribution in [0.3, 0.4) is 0 Å². The van der Waals surface area contributed by atoms with Crippen LogP contribution in [-0.2, 0) is 11.2 Å². The van der Waals surface area contributed by atoms with E-state index in [1.54, 1.807) is 6.07 Å². The van der Waals surface area contributed by atoms with Gasteiger partial charge in [-0.1, -0.05) is 42.5 Å². The van der Waals surface area contributed by atoms with E-state index in [1.807, 2.05) is 42.5 Å². The molecule has 0 spiro atoms. The second kappa shape index (κ2) is 6.59. The van der Waals surface area contributed by atoms with Crippen LogP contribution in [0.25, 0.3) is 0 Å². The van der Waals surface area contributed by atoms with E-state index in [9.17, 15) is 9.59 Å². The zero-order chi connectivity index (χ0) is 17.2. The van der Waals surface area contributed by atoms with Gasteiger partial charge in [0.15, 0.2) is 0 Å². The summed E-state index contributed by atoms with van der Waals surface area (Å²) in [6, 6.07) is 15.1. The van der Waals surface area contributed by atoms with Crippen molar-refractivity contribution in [3.63, 3.8) is 0 Å². The first-order chi connectivity index (χ1) is 12.2. The number of carbonyl (C=O) groups excluding carboxylic acids is 2. The molecule has 2 aliphatic rings. The molecule has 2 aromatic carbocycles. The summed E-state index contributed by atoms with van der Waals surface area (Å²) in [5.74, 6) is 0.556. The van der Waals surface area contributed by atoms with E-state index in [2.05, 4.69) is 10.6 Å². The zero-order valence-electron chi connectivity index (χ0n) is 13.8. The maximum Gasteiger partial charge on any atom is 0.255 e. The molecule has 128 valence electrons. The largest absolute Gasteiger partial charge is 0.492 e. The molecule has 2 atom stereocenters. The van der Waals surface area contributed by atoms with Gasteiger partial charge in [-0.2, -0.15) is 0 Å². The van der Waals surface area contributed by atoms with Gasteiger partial charge in [0, 0.05) is 12.8 Å². The van der Waals surface area contributed by atoms with Crippen LogP contribution in [0.4, 0.5) is 0 Å². The van der Waals surface area contributed by atoms with Crippen molar-refractivity contribution in [2.24, 2.45) is 0 Å². The molecule has 0 bridgehead atoms. The first-order valence-electron chi connectivity index (χ1n) is 8.62. The number of nitrogens with one attached hydrogen (secondary N) is 2. The molecule has 2 amide bonds. The standard InChI is InChI=1S/C20H20N2O3/c23-17-10-9-16(18(22-17)13-5-2-1-3-6-13)21-20(24)15-8-4-7-14-11-12-25-19(14)15/h1-8,16,18H,9-12H2,(H,21,24)(H,22,23)/t16-,18+/m1/s1. The van der Waals surface area contributed by atoms with Crippen molar-refractivity contribution in [3.05, 3.63) is 65.2 Å². The number of para-hydroxylation sites is 1. The van der Waals surface area contributed by atoms with Crippen LogP contribution >= 0.6 is 0 Å². The minimum atomic E-state index is -0.218. The van der Waals surface area contributed by atoms with E-state index in [-0.39, 0.29) is 23.9 Å². The average Bonchev–Trinajstić information content (AvgIpc) is 3.12. The third kappa shape index (κ3) is 3.09. The summed E-state index contributed by atoms with van der Waals surface area (Å²) in [6.07, 6.45) is 1.87. The fourth-order valence-electron chi connectivity index (χ4n) is 3.57. The van der Waals surface area contributed by atoms with Gasteiger partial charge >= 0.3 is 0 Å². The number of rotatable bonds is 3. The van der Waals surface area contributed by atoms with Crippen LogP contribution in [0.2, 0.25) is 0 Å². The maximum absolute atomic E-state index is 12.8. The van der Waals surface area contributed by atoms with E-state index in [1.165, 1.54) is 0 Å². The minimum absolute atomic E-state index is 0.0169. The van der Waals surface area contributed by atoms with Crippen molar-refractivity contribution < 1.29 is 14.3 Å². The maximum atomic E-state index is 12.8. The molecule has 4 rings (SSSR count). The molecular weight excluding hydrogens is 316 g/mol. The third-order valence-corrected chi connectivity index (χ3v) is 4.84. The quantitative estimate of drug-likeness (QED) is 0.904. The Kier molecular flexibility index (Phi) is 4.14. The topological polar surface area (TPSA) is 67.4 Å². The Morgan fingerprint density at radius 2 is 1.92 bits per heavy atom. The Morgan fingerprint density at radius 3 is 2.76 bits per heavy atom. The molecule has 5 heteroatoms. The van der Waals surface area contributed by atoms with Gasteiger partial charge in [-0.15, -0.1) is 0 Å². The number of amides is 2. The molecule has 25 heavy (non-hydrogen) atoms. The lowest BCUT2D eigenvalue weighted by molar-refractivity contribution is -0.123. The molecule has 2 heterocycles. The summed E-state index contributed by atoms with van der Waals surface area (Å²) in [6.45, 7) is 0.617. The Bertz CT molecular complexity index is 804. The van der Waals surface area contributed by atoms with E-state index in [0.29, 0.717) is 30.8 Å². The summed E-state index contributed by atoms with van der Waals surface area (Å²) in [5, 5.41) is 6.11. The van der Waals surface area contributed by atoms with Crippen molar-refractivity contribution in [2.45, 2.75) is 31.3 Å². The van der Waals surface area contributed by atoms with Crippen molar-refractivity contribution >= 4 is 11.8 Å². The van der Waals surface area contributed by atoms with Gasteiger partial charge in [0.2, 0.25) is 5.91 Å². The Hall–Kier alpha value is -2.82. The second-order valence-electron chi connectivity index (χ2n) is 6.47. The summed E-state index contributed by atoms with van der Waals surface area (Å²) in [5.41, 5.74) is 2.64. The highest BCUT2D eigenvalue weighted by atomic mass is 16.5. The molecule has 0 aromatic heterocycles. The second-order valence-corrected chi connectivity index (χ2v) is 6.47. The molecule has 0 saturated carbocycles. The van der Waals surface area contributed by atoms with Crippen LogP contribution in [0, 0.1) is 0 Å². The highest BCUT2D eigenvalue weighted by Crippen LogP contribution is 2.30. The van der Waals surface area contributed by atoms with Crippen LogP contribution in [0.1, 0.15) is 40.4 Å². The normalized spacial score (nSPS) is 21.8. The number of fused-ring (bicyclic) bond motifs is 1. The van der Waals surface area contributed by atoms with Crippen molar-refractivity contribution in [1.29, 1.82) is 0 Å². The van der Waals surface area contributed by atoms with Crippen molar-refractivity contribution in [1.82, 2.24) is 10.6 Å². The van der Waals surface area contributed by atoms with Gasteiger partial charge in [-0.3, -0.25) is 9.59 Å². The van der Waals surface area contributed by atoms with Gasteiger partial charge in [-0.25, -0.2) is 0 Å². The molecule has 5 nitrogen and oxygen atoms in total. The third-order valence-electron chi connectivity index (χ3n) is 4.84. The molecule has 2 aliphatic heterocycles. The van der Waals surface area contributed by atoms with E-state index < -0.39 is 0 Å². The fraction of sp³-hybridized carbons (Fsp3) is 0.300. The van der Waals surface area contributed by atoms with E-state index in [0.717, 1.165) is 17.5 Å². The molecule has 1 saturated heterocycles. The monoisotopic (exact) mass is 336 g/mol. The predicted octanol–water partition coefficient (Wildman–Crippen LogP) is 2.37. The number of hydrogen-bond donors (Lipinski definition) is 2. The highest BCUT2D eigenvalue weighted by molar-refractivity contribution is 5.98. The summed E-state index contributed by atoms with van der Waals surface area (Å²) in [4.78, 5) is 24.7. The lowest BCUT2D eigenvalue weighted by Gasteiger charge is -2.33. The summed E-state index contributed by atoms with van der Waals surface area (Å²) >= 11 is 0. The lowest BCUT2D eigenvalue weighted by Crippen LogP contribution is -2.50.